The first-order valence-electron chi connectivity index (χ1n) is 4.71. The van der Waals surface area contributed by atoms with E-state index in [1.165, 1.54) is 10.5 Å². The molecule has 0 aliphatic heterocycles. The van der Waals surface area contributed by atoms with Gasteiger partial charge in [-0.3, -0.25) is 0 Å². The van der Waals surface area contributed by atoms with Crippen molar-refractivity contribution in [1.29, 1.82) is 0 Å². The Morgan fingerprint density at radius 3 is 2.75 bits per heavy atom. The van der Waals surface area contributed by atoms with Crippen molar-refractivity contribution >= 4 is 33.4 Å². The summed E-state index contributed by atoms with van der Waals surface area (Å²) in [5, 5.41) is 0. The Hall–Kier alpha value is -0.170. The molecule has 0 unspecified atom stereocenters. The van der Waals surface area contributed by atoms with Crippen LogP contribution in [0.25, 0.3) is 0 Å². The van der Waals surface area contributed by atoms with Gasteiger partial charge in [-0.25, -0.2) is 12.7 Å². The van der Waals surface area contributed by atoms with Crippen LogP contribution in [0.15, 0.2) is 17.2 Å². The number of aromatic amines is 1. The number of hydrogen-bond acceptors (Lipinski definition) is 3. The van der Waals surface area contributed by atoms with Crippen molar-refractivity contribution in [3.8, 4) is 0 Å². The summed E-state index contributed by atoms with van der Waals surface area (Å²) in [6.45, 7) is 0.505. The highest BCUT2D eigenvalue weighted by atomic mass is 35.5. The molecule has 4 nitrogen and oxygen atoms in total. The molecule has 0 bridgehead atoms. The van der Waals surface area contributed by atoms with E-state index in [9.17, 15) is 8.42 Å². The van der Waals surface area contributed by atoms with Crippen LogP contribution in [0.5, 0.6) is 0 Å². The van der Waals surface area contributed by atoms with Crippen molar-refractivity contribution in [2.45, 2.75) is 10.8 Å². The van der Waals surface area contributed by atoms with Crippen molar-refractivity contribution in [2.24, 2.45) is 0 Å². The lowest BCUT2D eigenvalue weighted by Crippen LogP contribution is -2.28. The van der Waals surface area contributed by atoms with Crippen LogP contribution >= 0.6 is 23.4 Å². The van der Waals surface area contributed by atoms with Crippen molar-refractivity contribution in [3.63, 3.8) is 0 Å². The summed E-state index contributed by atoms with van der Waals surface area (Å²) in [5.74, 6) is 1.06. The molecule has 1 heterocycles. The minimum Gasteiger partial charge on any atom is -0.363 e. The van der Waals surface area contributed by atoms with Crippen LogP contribution in [-0.2, 0) is 15.9 Å². The summed E-state index contributed by atoms with van der Waals surface area (Å²) in [6, 6.07) is 1.57. The third kappa shape index (κ3) is 3.16. The average molecular weight is 283 g/mol. The van der Waals surface area contributed by atoms with Crippen LogP contribution in [-0.4, -0.2) is 43.3 Å². The Labute approximate surface area is 105 Å². The zero-order valence-electron chi connectivity index (χ0n) is 9.23. The highest BCUT2D eigenvalue weighted by molar-refractivity contribution is 7.98. The average Bonchev–Trinajstić information content (AvgIpc) is 2.74. The lowest BCUT2D eigenvalue weighted by atomic mass is 10.5. The van der Waals surface area contributed by atoms with Crippen molar-refractivity contribution in [3.05, 3.63) is 18.0 Å². The molecule has 0 fully saturated rings. The van der Waals surface area contributed by atoms with E-state index in [1.807, 2.05) is 6.26 Å². The summed E-state index contributed by atoms with van der Waals surface area (Å²) in [6.07, 6.45) is 3.42. The van der Waals surface area contributed by atoms with Gasteiger partial charge >= 0.3 is 0 Å². The number of sulfonamides is 1. The van der Waals surface area contributed by atoms with Gasteiger partial charge in [-0.15, -0.1) is 11.6 Å². The topological polar surface area (TPSA) is 53.2 Å². The summed E-state index contributed by atoms with van der Waals surface area (Å²) in [4.78, 5) is 3.10. The number of nitrogens with zero attached hydrogens (tertiary/aromatic N) is 1. The number of halogens is 1. The second kappa shape index (κ2) is 5.95. The minimum absolute atomic E-state index is 0.270. The van der Waals surface area contributed by atoms with E-state index in [0.717, 1.165) is 5.75 Å². The number of H-pyrrole nitrogens is 1. The number of aromatic nitrogens is 1. The molecule has 0 aliphatic rings. The molecule has 0 saturated heterocycles. The Balaban J connectivity index is 2.84. The molecule has 16 heavy (non-hydrogen) atoms. The molecule has 7 heteroatoms. The zero-order valence-corrected chi connectivity index (χ0v) is 11.6. The molecule has 1 rings (SSSR count). The van der Waals surface area contributed by atoms with E-state index < -0.39 is 10.0 Å². The van der Waals surface area contributed by atoms with E-state index >= 15 is 0 Å². The van der Waals surface area contributed by atoms with Gasteiger partial charge in [-0.2, -0.15) is 11.8 Å². The second-order valence-corrected chi connectivity index (χ2v) is 6.61. The molecule has 1 aromatic rings. The smallest absolute Gasteiger partial charge is 0.244 e. The van der Waals surface area contributed by atoms with Gasteiger partial charge in [0.15, 0.2) is 0 Å². The molecule has 0 aliphatic carbocycles. The summed E-state index contributed by atoms with van der Waals surface area (Å²) >= 11 is 7.23. The van der Waals surface area contributed by atoms with Crippen LogP contribution in [0.2, 0.25) is 0 Å². The first kappa shape index (κ1) is 13.9. The number of rotatable bonds is 6. The lowest BCUT2D eigenvalue weighted by molar-refractivity contribution is 0.489. The fourth-order valence-corrected chi connectivity index (χ4v) is 3.08. The van der Waals surface area contributed by atoms with E-state index in [-0.39, 0.29) is 10.8 Å². The van der Waals surface area contributed by atoms with Gasteiger partial charge in [-0.05, 0) is 12.3 Å². The highest BCUT2D eigenvalue weighted by Gasteiger charge is 2.21. The maximum atomic E-state index is 12.0. The molecular formula is C9H15ClN2O2S2. The summed E-state index contributed by atoms with van der Waals surface area (Å²) < 4.78 is 25.4. The quantitative estimate of drug-likeness (QED) is 0.809. The maximum Gasteiger partial charge on any atom is 0.244 e. The molecular weight excluding hydrogens is 268 g/mol. The Bertz CT molecular complexity index is 430. The standard InChI is InChI=1S/C9H15ClN2O2S2/c1-12(3-4-15-2)16(13,14)9-5-8(6-10)11-7-9/h5,7,11H,3-4,6H2,1-2H3. The normalized spacial score (nSPS) is 12.2. The van der Waals surface area contributed by atoms with Crippen LogP contribution in [0, 0.1) is 0 Å². The molecule has 0 atom stereocenters. The Morgan fingerprint density at radius 1 is 1.56 bits per heavy atom. The van der Waals surface area contributed by atoms with Gasteiger partial charge in [0.25, 0.3) is 0 Å². The number of hydrogen-bond donors (Lipinski definition) is 1. The zero-order chi connectivity index (χ0) is 12.2. The summed E-state index contributed by atoms with van der Waals surface area (Å²) in [7, 11) is -1.79. The van der Waals surface area contributed by atoms with Crippen LogP contribution < -0.4 is 0 Å². The van der Waals surface area contributed by atoms with Gasteiger partial charge in [0, 0.05) is 31.2 Å². The predicted octanol–water partition coefficient (Wildman–Crippen LogP) is 1.74. The first-order valence-corrected chi connectivity index (χ1v) is 8.07. The molecule has 0 amide bonds. The monoisotopic (exact) mass is 282 g/mol. The first-order chi connectivity index (χ1) is 7.52. The SMILES string of the molecule is CSCCN(C)S(=O)(=O)c1c[nH]c(CCl)c1. The second-order valence-electron chi connectivity index (χ2n) is 3.31. The van der Waals surface area contributed by atoms with Crippen LogP contribution in [0.4, 0.5) is 0 Å². The number of alkyl halides is 1. The van der Waals surface area contributed by atoms with Crippen LogP contribution in [0.3, 0.4) is 0 Å². The van der Waals surface area contributed by atoms with E-state index in [0.29, 0.717) is 12.2 Å². The molecule has 1 N–H and O–H groups in total. The van der Waals surface area contributed by atoms with Crippen molar-refractivity contribution in [2.75, 3.05) is 25.6 Å². The molecule has 0 saturated carbocycles. The van der Waals surface area contributed by atoms with Gasteiger partial charge in [0.2, 0.25) is 10.0 Å². The Kier molecular flexibility index (Phi) is 5.17. The van der Waals surface area contributed by atoms with Crippen molar-refractivity contribution < 1.29 is 8.42 Å². The maximum absolute atomic E-state index is 12.0. The molecule has 92 valence electrons. The molecule has 1 aromatic heterocycles. The van der Waals surface area contributed by atoms with Gasteiger partial charge in [0.05, 0.1) is 10.8 Å². The molecule has 0 radical (unpaired) electrons. The van der Waals surface area contributed by atoms with E-state index in [1.54, 1.807) is 24.9 Å². The summed E-state index contributed by atoms with van der Waals surface area (Å²) in [5.41, 5.74) is 0.707. The number of nitrogens with one attached hydrogen (secondary N) is 1. The fraction of sp³-hybridized carbons (Fsp3) is 0.556. The molecule has 0 aromatic carbocycles. The lowest BCUT2D eigenvalue weighted by Gasteiger charge is -2.15. The van der Waals surface area contributed by atoms with Crippen LogP contribution in [0.1, 0.15) is 5.69 Å². The Morgan fingerprint density at radius 2 is 2.25 bits per heavy atom. The number of thioether (sulfide) groups is 1. The van der Waals surface area contributed by atoms with E-state index in [2.05, 4.69) is 4.98 Å². The predicted molar refractivity (Wildman–Crippen MR) is 68.5 cm³/mol. The fourth-order valence-electron chi connectivity index (χ4n) is 1.16. The molecule has 0 spiro atoms. The minimum atomic E-state index is -3.37. The third-order valence-corrected chi connectivity index (χ3v) is 4.89. The van der Waals surface area contributed by atoms with Gasteiger partial charge in [0.1, 0.15) is 0 Å². The third-order valence-electron chi connectivity index (χ3n) is 2.18. The highest BCUT2D eigenvalue weighted by Crippen LogP contribution is 2.16. The van der Waals surface area contributed by atoms with Crippen molar-refractivity contribution in [1.82, 2.24) is 9.29 Å². The van der Waals surface area contributed by atoms with Gasteiger partial charge in [-0.1, -0.05) is 0 Å². The largest absolute Gasteiger partial charge is 0.363 e. The van der Waals surface area contributed by atoms with Gasteiger partial charge < -0.3 is 4.98 Å². The van der Waals surface area contributed by atoms with E-state index in [4.69, 9.17) is 11.6 Å².